The van der Waals surface area contributed by atoms with Gasteiger partial charge in [-0.15, -0.1) is 0 Å². The van der Waals surface area contributed by atoms with E-state index in [0.29, 0.717) is 12.3 Å². The maximum Gasteiger partial charge on any atom is 0.303 e. The SMILES string of the molecule is CC(=O)O.O=C(O)CC1CCCCC1. The van der Waals surface area contributed by atoms with Crippen molar-refractivity contribution in [1.82, 2.24) is 0 Å². The standard InChI is InChI=1S/C8H14O2.C2H4O2/c9-8(10)6-7-4-2-1-3-5-7;1-2(3)4/h7H,1-6H2,(H,9,10);1H3,(H,3,4). The zero-order valence-electron chi connectivity index (χ0n) is 8.53. The van der Waals surface area contributed by atoms with Crippen LogP contribution in [0.5, 0.6) is 0 Å². The number of rotatable bonds is 2. The molecule has 1 saturated carbocycles. The molecule has 0 aromatic rings. The summed E-state index contributed by atoms with van der Waals surface area (Å²) in [6.45, 7) is 1.08. The maximum absolute atomic E-state index is 10.3. The van der Waals surface area contributed by atoms with Gasteiger partial charge in [-0.3, -0.25) is 9.59 Å². The van der Waals surface area contributed by atoms with Crippen molar-refractivity contribution >= 4 is 11.9 Å². The molecule has 4 heteroatoms. The van der Waals surface area contributed by atoms with Crippen molar-refractivity contribution in [3.05, 3.63) is 0 Å². The summed E-state index contributed by atoms with van der Waals surface area (Å²) in [5, 5.41) is 15.9. The molecular formula is C10H18O4. The number of aliphatic carboxylic acids is 2. The minimum absolute atomic E-state index is 0.389. The molecule has 82 valence electrons. The maximum atomic E-state index is 10.3. The van der Waals surface area contributed by atoms with Crippen LogP contribution in [0.2, 0.25) is 0 Å². The topological polar surface area (TPSA) is 74.6 Å². The van der Waals surface area contributed by atoms with E-state index in [-0.39, 0.29) is 0 Å². The van der Waals surface area contributed by atoms with Gasteiger partial charge in [0, 0.05) is 13.3 Å². The highest BCUT2D eigenvalue weighted by Crippen LogP contribution is 2.25. The Morgan fingerprint density at radius 3 is 1.93 bits per heavy atom. The third-order valence-corrected chi connectivity index (χ3v) is 2.19. The Labute approximate surface area is 83.9 Å². The molecule has 0 saturated heterocycles. The molecule has 0 unspecified atom stereocenters. The predicted octanol–water partition coefficient (Wildman–Crippen LogP) is 2.13. The van der Waals surface area contributed by atoms with Gasteiger partial charge in [0.15, 0.2) is 0 Å². The second-order valence-corrected chi connectivity index (χ2v) is 3.62. The number of hydrogen-bond donors (Lipinski definition) is 2. The monoisotopic (exact) mass is 202 g/mol. The second kappa shape index (κ2) is 7.35. The van der Waals surface area contributed by atoms with E-state index in [1.165, 1.54) is 19.3 Å². The van der Waals surface area contributed by atoms with Crippen molar-refractivity contribution in [2.24, 2.45) is 5.92 Å². The summed E-state index contributed by atoms with van der Waals surface area (Å²) in [5.74, 6) is -0.988. The molecule has 14 heavy (non-hydrogen) atoms. The van der Waals surface area contributed by atoms with E-state index in [4.69, 9.17) is 15.0 Å². The van der Waals surface area contributed by atoms with Gasteiger partial charge in [0.2, 0.25) is 0 Å². The molecule has 0 radical (unpaired) electrons. The zero-order chi connectivity index (χ0) is 11.0. The average molecular weight is 202 g/mol. The minimum Gasteiger partial charge on any atom is -0.481 e. The van der Waals surface area contributed by atoms with Crippen molar-refractivity contribution < 1.29 is 19.8 Å². The number of hydrogen-bond acceptors (Lipinski definition) is 2. The van der Waals surface area contributed by atoms with Gasteiger partial charge in [-0.25, -0.2) is 0 Å². The summed E-state index contributed by atoms with van der Waals surface area (Å²) in [6, 6.07) is 0. The third kappa shape index (κ3) is 9.03. The number of carboxylic acid groups (broad SMARTS) is 2. The van der Waals surface area contributed by atoms with Gasteiger partial charge in [0.05, 0.1) is 0 Å². The summed E-state index contributed by atoms with van der Waals surface area (Å²) in [6.07, 6.45) is 6.42. The molecule has 2 N–H and O–H groups in total. The van der Waals surface area contributed by atoms with Crippen LogP contribution >= 0.6 is 0 Å². The Morgan fingerprint density at radius 1 is 1.14 bits per heavy atom. The molecule has 0 heterocycles. The Kier molecular flexibility index (Phi) is 6.80. The van der Waals surface area contributed by atoms with Crippen molar-refractivity contribution in [3.63, 3.8) is 0 Å². The lowest BCUT2D eigenvalue weighted by Gasteiger charge is -2.18. The molecule has 1 aliphatic rings. The van der Waals surface area contributed by atoms with Gasteiger partial charge in [-0.05, 0) is 18.8 Å². The lowest BCUT2D eigenvalue weighted by molar-refractivity contribution is -0.138. The van der Waals surface area contributed by atoms with Gasteiger partial charge in [0.25, 0.3) is 5.97 Å². The molecule has 0 aliphatic heterocycles. The zero-order valence-corrected chi connectivity index (χ0v) is 8.53. The van der Waals surface area contributed by atoms with E-state index in [9.17, 15) is 4.79 Å². The van der Waals surface area contributed by atoms with Crippen LogP contribution in [-0.2, 0) is 9.59 Å². The van der Waals surface area contributed by atoms with Gasteiger partial charge in [-0.1, -0.05) is 19.3 Å². The Balaban J connectivity index is 0.000000364. The van der Waals surface area contributed by atoms with Crippen LogP contribution in [0.3, 0.4) is 0 Å². The first-order chi connectivity index (χ1) is 6.52. The fraction of sp³-hybridized carbons (Fsp3) is 0.800. The van der Waals surface area contributed by atoms with Gasteiger partial charge in [0.1, 0.15) is 0 Å². The van der Waals surface area contributed by atoms with Crippen LogP contribution in [0, 0.1) is 5.92 Å². The van der Waals surface area contributed by atoms with Crippen molar-refractivity contribution in [2.75, 3.05) is 0 Å². The smallest absolute Gasteiger partial charge is 0.303 e. The molecular weight excluding hydrogens is 184 g/mol. The fourth-order valence-corrected chi connectivity index (χ4v) is 1.64. The number of carbonyl (C=O) groups is 2. The molecule has 1 fully saturated rings. The second-order valence-electron chi connectivity index (χ2n) is 3.62. The molecule has 0 spiro atoms. The summed E-state index contributed by atoms with van der Waals surface area (Å²) >= 11 is 0. The van der Waals surface area contributed by atoms with E-state index in [1.54, 1.807) is 0 Å². The lowest BCUT2D eigenvalue weighted by atomic mass is 9.87. The van der Waals surface area contributed by atoms with E-state index in [0.717, 1.165) is 19.8 Å². The molecule has 0 aromatic carbocycles. The van der Waals surface area contributed by atoms with Crippen LogP contribution in [-0.4, -0.2) is 22.2 Å². The third-order valence-electron chi connectivity index (χ3n) is 2.19. The van der Waals surface area contributed by atoms with Crippen molar-refractivity contribution in [1.29, 1.82) is 0 Å². The summed E-state index contributed by atoms with van der Waals surface area (Å²) in [4.78, 5) is 19.3. The fourth-order valence-electron chi connectivity index (χ4n) is 1.64. The highest BCUT2D eigenvalue weighted by atomic mass is 16.4. The van der Waals surface area contributed by atoms with E-state index < -0.39 is 11.9 Å². The molecule has 0 bridgehead atoms. The molecule has 4 nitrogen and oxygen atoms in total. The van der Waals surface area contributed by atoms with Gasteiger partial charge < -0.3 is 10.2 Å². The molecule has 0 aromatic heterocycles. The molecule has 0 atom stereocenters. The highest BCUT2D eigenvalue weighted by molar-refractivity contribution is 5.67. The van der Waals surface area contributed by atoms with Crippen LogP contribution < -0.4 is 0 Å². The van der Waals surface area contributed by atoms with Crippen LogP contribution in [0.1, 0.15) is 45.4 Å². The minimum atomic E-state index is -0.833. The van der Waals surface area contributed by atoms with E-state index >= 15 is 0 Å². The normalized spacial score (nSPS) is 16.6. The highest BCUT2D eigenvalue weighted by Gasteiger charge is 2.15. The lowest BCUT2D eigenvalue weighted by Crippen LogP contribution is -2.10. The Morgan fingerprint density at radius 2 is 1.57 bits per heavy atom. The Bertz CT molecular complexity index is 179. The quantitative estimate of drug-likeness (QED) is 0.719. The first-order valence-electron chi connectivity index (χ1n) is 4.93. The molecule has 0 amide bonds. The predicted molar refractivity (Wildman–Crippen MR) is 52.1 cm³/mol. The average Bonchev–Trinajstić information content (AvgIpc) is 2.03. The van der Waals surface area contributed by atoms with E-state index in [1.807, 2.05) is 0 Å². The molecule has 1 rings (SSSR count). The van der Waals surface area contributed by atoms with E-state index in [2.05, 4.69) is 0 Å². The Hall–Kier alpha value is -1.06. The summed E-state index contributed by atoms with van der Waals surface area (Å²) < 4.78 is 0. The van der Waals surface area contributed by atoms with Crippen molar-refractivity contribution in [2.45, 2.75) is 45.4 Å². The molecule has 1 aliphatic carbocycles. The van der Waals surface area contributed by atoms with Crippen molar-refractivity contribution in [3.8, 4) is 0 Å². The number of carboxylic acids is 2. The summed E-state index contributed by atoms with van der Waals surface area (Å²) in [7, 11) is 0. The van der Waals surface area contributed by atoms with Crippen LogP contribution in [0.4, 0.5) is 0 Å². The van der Waals surface area contributed by atoms with Gasteiger partial charge >= 0.3 is 5.97 Å². The van der Waals surface area contributed by atoms with Crippen LogP contribution in [0.25, 0.3) is 0 Å². The largest absolute Gasteiger partial charge is 0.481 e. The van der Waals surface area contributed by atoms with Gasteiger partial charge in [-0.2, -0.15) is 0 Å². The summed E-state index contributed by atoms with van der Waals surface area (Å²) in [5.41, 5.74) is 0. The van der Waals surface area contributed by atoms with Crippen LogP contribution in [0.15, 0.2) is 0 Å². The first-order valence-corrected chi connectivity index (χ1v) is 4.93. The first kappa shape index (κ1) is 12.9.